The number of hydrogen-bond donors (Lipinski definition) is 1. The van der Waals surface area contributed by atoms with Gasteiger partial charge in [0.15, 0.2) is 0 Å². The second-order valence-corrected chi connectivity index (χ2v) is 5.34. The molecule has 2 rings (SSSR count). The van der Waals surface area contributed by atoms with Gasteiger partial charge in [0, 0.05) is 12.1 Å². The molecule has 2 unspecified atom stereocenters. The van der Waals surface area contributed by atoms with Crippen LogP contribution in [0.1, 0.15) is 32.3 Å². The third-order valence-corrected chi connectivity index (χ3v) is 3.84. The van der Waals surface area contributed by atoms with Crippen molar-refractivity contribution in [2.75, 3.05) is 6.54 Å². The quantitative estimate of drug-likeness (QED) is 0.817. The average Bonchev–Trinajstić information content (AvgIpc) is 3.10. The number of hydrogen-bond acceptors (Lipinski definition) is 1. The van der Waals surface area contributed by atoms with Gasteiger partial charge < -0.3 is 5.32 Å². The molecule has 1 aliphatic rings. The van der Waals surface area contributed by atoms with E-state index >= 15 is 0 Å². The first kappa shape index (κ1) is 13.5. The zero-order chi connectivity index (χ0) is 13.1. The van der Waals surface area contributed by atoms with Crippen molar-refractivity contribution >= 4 is 0 Å². The molecule has 100 valence electrons. The number of nitrogens with one attached hydrogen (secondary N) is 1. The maximum atomic E-state index is 13.2. The molecule has 1 fully saturated rings. The van der Waals surface area contributed by atoms with Gasteiger partial charge in [-0.1, -0.05) is 13.8 Å². The Morgan fingerprint density at radius 2 is 1.83 bits per heavy atom. The minimum Gasteiger partial charge on any atom is -0.314 e. The Morgan fingerprint density at radius 1 is 1.22 bits per heavy atom. The highest BCUT2D eigenvalue weighted by atomic mass is 19.1. The molecule has 3 heteroatoms. The number of likely N-dealkylation sites (N-methyl/N-ethyl adjacent to an activating group) is 1. The Morgan fingerprint density at radius 3 is 2.33 bits per heavy atom. The molecule has 0 radical (unpaired) electrons. The van der Waals surface area contributed by atoms with Crippen molar-refractivity contribution in [2.45, 2.75) is 39.2 Å². The van der Waals surface area contributed by atoms with Crippen molar-refractivity contribution in [1.29, 1.82) is 0 Å². The SMILES string of the molecule is CCNC(Cc1cc(F)cc(F)c1)C(C)C1CC1. The maximum absolute atomic E-state index is 13.2. The summed E-state index contributed by atoms with van der Waals surface area (Å²) in [6.45, 7) is 5.19. The van der Waals surface area contributed by atoms with Crippen molar-refractivity contribution in [3.05, 3.63) is 35.4 Å². The van der Waals surface area contributed by atoms with E-state index in [0.29, 0.717) is 18.4 Å². The van der Waals surface area contributed by atoms with Crippen molar-refractivity contribution < 1.29 is 8.78 Å². The van der Waals surface area contributed by atoms with Gasteiger partial charge in [0.25, 0.3) is 0 Å². The molecule has 0 amide bonds. The van der Waals surface area contributed by atoms with Gasteiger partial charge in [-0.25, -0.2) is 8.78 Å². The summed E-state index contributed by atoms with van der Waals surface area (Å²) in [7, 11) is 0. The standard InChI is InChI=1S/C15H21F2N/c1-3-18-15(10(2)12-4-5-12)8-11-6-13(16)9-14(17)7-11/h6-7,9-10,12,15,18H,3-5,8H2,1-2H3. The largest absolute Gasteiger partial charge is 0.314 e. The molecule has 2 atom stereocenters. The van der Waals surface area contributed by atoms with Crippen molar-refractivity contribution in [1.82, 2.24) is 5.32 Å². The van der Waals surface area contributed by atoms with Crippen LogP contribution in [0.4, 0.5) is 8.78 Å². The fourth-order valence-electron chi connectivity index (χ4n) is 2.64. The minimum atomic E-state index is -0.487. The average molecular weight is 253 g/mol. The molecule has 0 spiro atoms. The molecule has 0 saturated heterocycles. The second kappa shape index (κ2) is 5.79. The van der Waals surface area contributed by atoms with Crippen LogP contribution in [0, 0.1) is 23.5 Å². The molecule has 0 heterocycles. The number of halogens is 2. The van der Waals surface area contributed by atoms with Crippen LogP contribution in [-0.2, 0) is 6.42 Å². The predicted octanol–water partition coefficient (Wildman–Crippen LogP) is 3.53. The van der Waals surface area contributed by atoms with Crippen LogP contribution in [0.2, 0.25) is 0 Å². The van der Waals surface area contributed by atoms with E-state index in [1.165, 1.54) is 25.0 Å². The normalized spacial score (nSPS) is 18.7. The highest BCUT2D eigenvalue weighted by molar-refractivity contribution is 5.19. The van der Waals surface area contributed by atoms with Crippen LogP contribution >= 0.6 is 0 Å². The molecule has 18 heavy (non-hydrogen) atoms. The topological polar surface area (TPSA) is 12.0 Å². The monoisotopic (exact) mass is 253 g/mol. The van der Waals surface area contributed by atoms with E-state index in [-0.39, 0.29) is 0 Å². The zero-order valence-electron chi connectivity index (χ0n) is 11.0. The Bertz CT molecular complexity index is 381. The third-order valence-electron chi connectivity index (χ3n) is 3.84. The Kier molecular flexibility index (Phi) is 4.33. The summed E-state index contributed by atoms with van der Waals surface area (Å²) in [5, 5.41) is 3.45. The second-order valence-electron chi connectivity index (χ2n) is 5.34. The van der Waals surface area contributed by atoms with Crippen molar-refractivity contribution in [3.8, 4) is 0 Å². The van der Waals surface area contributed by atoms with Crippen LogP contribution < -0.4 is 5.32 Å². The maximum Gasteiger partial charge on any atom is 0.126 e. The first-order valence-corrected chi connectivity index (χ1v) is 6.78. The number of rotatable bonds is 6. The third kappa shape index (κ3) is 3.52. The molecule has 0 bridgehead atoms. The highest BCUT2D eigenvalue weighted by Crippen LogP contribution is 2.38. The summed E-state index contributed by atoms with van der Waals surface area (Å²) in [5.74, 6) is 0.377. The van der Waals surface area contributed by atoms with Gasteiger partial charge >= 0.3 is 0 Å². The summed E-state index contributed by atoms with van der Waals surface area (Å²) in [6.07, 6.45) is 3.28. The van der Waals surface area contributed by atoms with Gasteiger partial charge in [-0.15, -0.1) is 0 Å². The Labute approximate surface area is 108 Å². The number of benzene rings is 1. The van der Waals surface area contributed by atoms with E-state index in [2.05, 4.69) is 19.2 Å². The van der Waals surface area contributed by atoms with Crippen LogP contribution in [0.3, 0.4) is 0 Å². The Balaban J connectivity index is 2.06. The van der Waals surface area contributed by atoms with Gasteiger partial charge in [-0.3, -0.25) is 0 Å². The summed E-state index contributed by atoms with van der Waals surface area (Å²) in [4.78, 5) is 0. The van der Waals surface area contributed by atoms with E-state index in [4.69, 9.17) is 0 Å². The van der Waals surface area contributed by atoms with Crippen LogP contribution in [0.15, 0.2) is 18.2 Å². The molecule has 0 aromatic heterocycles. The lowest BCUT2D eigenvalue weighted by Gasteiger charge is -2.25. The van der Waals surface area contributed by atoms with Gasteiger partial charge in [-0.2, -0.15) is 0 Å². The molecular weight excluding hydrogens is 232 g/mol. The summed E-state index contributed by atoms with van der Waals surface area (Å²) in [6, 6.07) is 4.11. The molecule has 1 aliphatic carbocycles. The molecule has 1 N–H and O–H groups in total. The fourth-order valence-corrected chi connectivity index (χ4v) is 2.64. The first-order chi connectivity index (χ1) is 8.60. The molecule has 1 aromatic carbocycles. The van der Waals surface area contributed by atoms with E-state index in [1.54, 1.807) is 0 Å². The van der Waals surface area contributed by atoms with E-state index < -0.39 is 11.6 Å². The molecular formula is C15H21F2N. The Hall–Kier alpha value is -0.960. The molecule has 1 saturated carbocycles. The smallest absolute Gasteiger partial charge is 0.126 e. The summed E-state index contributed by atoms with van der Waals surface area (Å²) in [5.41, 5.74) is 0.742. The van der Waals surface area contributed by atoms with E-state index in [0.717, 1.165) is 24.1 Å². The predicted molar refractivity (Wildman–Crippen MR) is 69.4 cm³/mol. The fraction of sp³-hybridized carbons (Fsp3) is 0.600. The molecule has 1 nitrogen and oxygen atoms in total. The van der Waals surface area contributed by atoms with E-state index in [9.17, 15) is 8.78 Å². The lowest BCUT2D eigenvalue weighted by Crippen LogP contribution is -2.37. The van der Waals surface area contributed by atoms with E-state index in [1.807, 2.05) is 0 Å². The van der Waals surface area contributed by atoms with Crippen molar-refractivity contribution in [3.63, 3.8) is 0 Å². The van der Waals surface area contributed by atoms with Crippen LogP contribution in [0.5, 0.6) is 0 Å². The highest BCUT2D eigenvalue weighted by Gasteiger charge is 2.32. The van der Waals surface area contributed by atoms with Crippen molar-refractivity contribution in [2.24, 2.45) is 11.8 Å². The lowest BCUT2D eigenvalue weighted by atomic mass is 9.91. The van der Waals surface area contributed by atoms with Gasteiger partial charge in [0.1, 0.15) is 11.6 Å². The summed E-state index contributed by atoms with van der Waals surface area (Å²) < 4.78 is 26.4. The van der Waals surface area contributed by atoms with Gasteiger partial charge in [0.05, 0.1) is 0 Å². The molecule has 1 aromatic rings. The van der Waals surface area contributed by atoms with Crippen LogP contribution in [0.25, 0.3) is 0 Å². The summed E-state index contributed by atoms with van der Waals surface area (Å²) >= 11 is 0. The minimum absolute atomic E-state index is 0.309. The zero-order valence-corrected chi connectivity index (χ0v) is 11.0. The lowest BCUT2D eigenvalue weighted by molar-refractivity contribution is 0.344. The molecule has 0 aliphatic heterocycles. The van der Waals surface area contributed by atoms with Crippen LogP contribution in [-0.4, -0.2) is 12.6 Å². The van der Waals surface area contributed by atoms with Gasteiger partial charge in [-0.05, 0) is 55.3 Å². The van der Waals surface area contributed by atoms with Gasteiger partial charge in [0.2, 0.25) is 0 Å². The first-order valence-electron chi connectivity index (χ1n) is 6.78.